The number of anilines is 2. The molecule has 1 N–H and O–H groups in total. The topological polar surface area (TPSA) is 59.0 Å². The van der Waals surface area contributed by atoms with Gasteiger partial charge in [0.05, 0.1) is 25.0 Å². The van der Waals surface area contributed by atoms with Gasteiger partial charge in [-0.05, 0) is 47.7 Å². The first-order valence-electron chi connectivity index (χ1n) is 6.81. The van der Waals surface area contributed by atoms with Gasteiger partial charge in [-0.1, -0.05) is 5.16 Å². The van der Waals surface area contributed by atoms with Crippen LogP contribution in [0.15, 0.2) is 29.6 Å². The standard InChI is InChI=1S/C14H17IN4O2/c1-14(2-5-21-16-10-14)18-12-8-11(15)9-13(17-12)19-3-6-20-7-4-19/h2,5,8-10H,3-4,6-7H2,1H3,(H,17,18). The first-order chi connectivity index (χ1) is 10.1. The maximum absolute atomic E-state index is 5.39. The molecule has 21 heavy (non-hydrogen) atoms. The molecule has 1 atom stereocenters. The molecule has 1 fully saturated rings. The zero-order valence-electron chi connectivity index (χ0n) is 11.8. The minimum atomic E-state index is -0.391. The highest BCUT2D eigenvalue weighted by atomic mass is 127. The number of oxime groups is 1. The van der Waals surface area contributed by atoms with Crippen LogP contribution in [0, 0.1) is 3.57 Å². The van der Waals surface area contributed by atoms with Crippen molar-refractivity contribution in [2.24, 2.45) is 5.16 Å². The van der Waals surface area contributed by atoms with E-state index in [1.165, 1.54) is 0 Å². The first-order valence-corrected chi connectivity index (χ1v) is 7.89. The van der Waals surface area contributed by atoms with Crippen molar-refractivity contribution < 1.29 is 9.57 Å². The van der Waals surface area contributed by atoms with Crippen LogP contribution >= 0.6 is 22.6 Å². The summed E-state index contributed by atoms with van der Waals surface area (Å²) in [7, 11) is 0. The Balaban J connectivity index is 1.82. The lowest BCUT2D eigenvalue weighted by Gasteiger charge is -2.29. The molecule has 1 aromatic heterocycles. The fourth-order valence-corrected chi connectivity index (χ4v) is 2.82. The Morgan fingerprint density at radius 3 is 2.86 bits per heavy atom. The van der Waals surface area contributed by atoms with Crippen molar-refractivity contribution in [2.45, 2.75) is 12.5 Å². The number of hydrogen-bond donors (Lipinski definition) is 1. The van der Waals surface area contributed by atoms with Crippen molar-refractivity contribution in [1.29, 1.82) is 0 Å². The van der Waals surface area contributed by atoms with Crippen molar-refractivity contribution in [1.82, 2.24) is 4.98 Å². The second-order valence-corrected chi connectivity index (χ2v) is 6.42. The molecule has 3 heterocycles. The summed E-state index contributed by atoms with van der Waals surface area (Å²) in [6, 6.07) is 4.11. The maximum Gasteiger partial charge on any atom is 0.132 e. The molecule has 0 radical (unpaired) electrons. The Labute approximate surface area is 137 Å². The molecule has 1 unspecified atom stereocenters. The Bertz CT molecular complexity index is 558. The van der Waals surface area contributed by atoms with E-state index in [9.17, 15) is 0 Å². The summed E-state index contributed by atoms with van der Waals surface area (Å²) in [6.07, 6.45) is 5.21. The number of pyridine rings is 1. The molecule has 0 bridgehead atoms. The highest BCUT2D eigenvalue weighted by Gasteiger charge is 2.22. The second-order valence-electron chi connectivity index (χ2n) is 5.18. The van der Waals surface area contributed by atoms with E-state index in [-0.39, 0.29) is 0 Å². The van der Waals surface area contributed by atoms with E-state index < -0.39 is 5.54 Å². The van der Waals surface area contributed by atoms with Gasteiger partial charge in [0.25, 0.3) is 0 Å². The molecule has 0 aliphatic carbocycles. The molecule has 3 rings (SSSR count). The molecule has 0 spiro atoms. The second kappa shape index (κ2) is 6.18. The Morgan fingerprint density at radius 2 is 2.14 bits per heavy atom. The summed E-state index contributed by atoms with van der Waals surface area (Å²) in [6.45, 7) is 5.27. The molecule has 6 nitrogen and oxygen atoms in total. The minimum Gasteiger partial charge on any atom is -0.378 e. The number of hydrogen-bond acceptors (Lipinski definition) is 6. The van der Waals surface area contributed by atoms with Gasteiger partial charge in [0, 0.05) is 16.7 Å². The van der Waals surface area contributed by atoms with Crippen LogP contribution in [0.1, 0.15) is 6.92 Å². The molecule has 0 amide bonds. The number of rotatable bonds is 3. The molecular weight excluding hydrogens is 383 g/mol. The SMILES string of the molecule is CC1(Nc2cc(I)cc(N3CCOCC3)n2)C=CON=C1. The fourth-order valence-electron chi connectivity index (χ4n) is 2.24. The summed E-state index contributed by atoms with van der Waals surface area (Å²) in [5.41, 5.74) is -0.391. The minimum absolute atomic E-state index is 0.391. The summed E-state index contributed by atoms with van der Waals surface area (Å²) in [5, 5.41) is 7.22. The smallest absolute Gasteiger partial charge is 0.132 e. The van der Waals surface area contributed by atoms with E-state index in [0.29, 0.717) is 0 Å². The molecule has 0 aromatic carbocycles. The molecule has 1 saturated heterocycles. The van der Waals surface area contributed by atoms with E-state index >= 15 is 0 Å². The van der Waals surface area contributed by atoms with Crippen molar-refractivity contribution in [3.63, 3.8) is 0 Å². The van der Waals surface area contributed by atoms with Crippen LogP contribution in [0.4, 0.5) is 11.6 Å². The van der Waals surface area contributed by atoms with Gasteiger partial charge >= 0.3 is 0 Å². The Kier molecular flexibility index (Phi) is 4.29. The number of aromatic nitrogens is 1. The van der Waals surface area contributed by atoms with E-state index in [2.05, 4.69) is 44.0 Å². The number of nitrogens with one attached hydrogen (secondary N) is 1. The summed E-state index contributed by atoms with van der Waals surface area (Å²) >= 11 is 2.31. The van der Waals surface area contributed by atoms with Gasteiger partial charge in [-0.2, -0.15) is 0 Å². The van der Waals surface area contributed by atoms with Crippen molar-refractivity contribution in [3.8, 4) is 0 Å². The predicted octanol–water partition coefficient (Wildman–Crippen LogP) is 2.22. The predicted molar refractivity (Wildman–Crippen MR) is 90.7 cm³/mol. The largest absolute Gasteiger partial charge is 0.378 e. The molecule has 112 valence electrons. The van der Waals surface area contributed by atoms with Crippen LogP contribution in [0.25, 0.3) is 0 Å². The van der Waals surface area contributed by atoms with Crippen molar-refractivity contribution >= 4 is 40.4 Å². The number of morpholine rings is 1. The average molecular weight is 400 g/mol. The molecule has 2 aliphatic rings. The Morgan fingerprint density at radius 1 is 1.33 bits per heavy atom. The van der Waals surface area contributed by atoms with Crippen LogP contribution < -0.4 is 10.2 Å². The van der Waals surface area contributed by atoms with E-state index in [4.69, 9.17) is 14.6 Å². The summed E-state index contributed by atoms with van der Waals surface area (Å²) in [5.74, 6) is 1.80. The number of ether oxygens (including phenoxy) is 1. The molecule has 7 heteroatoms. The summed E-state index contributed by atoms with van der Waals surface area (Å²) < 4.78 is 6.53. The normalized spacial score (nSPS) is 24.8. The lowest BCUT2D eigenvalue weighted by molar-refractivity contribution is 0.122. The van der Waals surface area contributed by atoms with Crippen molar-refractivity contribution in [3.05, 3.63) is 28.0 Å². The van der Waals surface area contributed by atoms with Gasteiger partial charge in [0.2, 0.25) is 0 Å². The van der Waals surface area contributed by atoms with Gasteiger partial charge in [-0.15, -0.1) is 0 Å². The molecule has 2 aliphatic heterocycles. The third-order valence-electron chi connectivity index (χ3n) is 3.37. The molecule has 0 saturated carbocycles. The van der Waals surface area contributed by atoms with Gasteiger partial charge in [0.1, 0.15) is 17.9 Å². The number of halogens is 1. The number of nitrogens with zero attached hydrogens (tertiary/aromatic N) is 3. The quantitative estimate of drug-likeness (QED) is 0.789. The zero-order chi connectivity index (χ0) is 14.7. The van der Waals surface area contributed by atoms with Gasteiger partial charge in [-0.25, -0.2) is 4.98 Å². The average Bonchev–Trinajstić information content (AvgIpc) is 2.48. The third-order valence-corrected chi connectivity index (χ3v) is 3.99. The first kappa shape index (κ1) is 14.6. The fraction of sp³-hybridized carbons (Fsp3) is 0.429. The molecule has 1 aromatic rings. The molecular formula is C14H17IN4O2. The van der Waals surface area contributed by atoms with Gasteiger partial charge in [-0.3, -0.25) is 0 Å². The van der Waals surface area contributed by atoms with Gasteiger partial charge < -0.3 is 19.8 Å². The Hall–Kier alpha value is -1.35. The third kappa shape index (κ3) is 3.65. The summed E-state index contributed by atoms with van der Waals surface area (Å²) in [4.78, 5) is 11.8. The van der Waals surface area contributed by atoms with E-state index in [1.807, 2.05) is 19.1 Å². The highest BCUT2D eigenvalue weighted by Crippen LogP contribution is 2.23. The van der Waals surface area contributed by atoms with Crippen LogP contribution in [0.3, 0.4) is 0 Å². The monoisotopic (exact) mass is 400 g/mol. The lowest BCUT2D eigenvalue weighted by Crippen LogP contribution is -2.38. The van der Waals surface area contributed by atoms with E-state index in [0.717, 1.165) is 41.5 Å². The highest BCUT2D eigenvalue weighted by molar-refractivity contribution is 14.1. The van der Waals surface area contributed by atoms with Crippen LogP contribution in [-0.4, -0.2) is 43.0 Å². The van der Waals surface area contributed by atoms with Crippen molar-refractivity contribution in [2.75, 3.05) is 36.5 Å². The van der Waals surface area contributed by atoms with Crippen LogP contribution in [0.2, 0.25) is 0 Å². The van der Waals surface area contributed by atoms with Gasteiger partial charge in [0.15, 0.2) is 0 Å². The zero-order valence-corrected chi connectivity index (χ0v) is 13.9. The maximum atomic E-state index is 5.39. The van der Waals surface area contributed by atoms with E-state index in [1.54, 1.807) is 12.5 Å². The van der Waals surface area contributed by atoms with Crippen LogP contribution in [0.5, 0.6) is 0 Å². The van der Waals surface area contributed by atoms with Crippen LogP contribution in [-0.2, 0) is 9.57 Å². The lowest BCUT2D eigenvalue weighted by atomic mass is 10.0.